The van der Waals surface area contributed by atoms with Gasteiger partial charge in [0.05, 0.1) is 55.8 Å². The number of H-pyrrole nitrogens is 2. The first kappa shape index (κ1) is 79.6. The quantitative estimate of drug-likeness (QED) is 0.0945. The normalized spacial score (nSPS) is 19.8. The van der Waals surface area contributed by atoms with Crippen molar-refractivity contribution in [3.05, 3.63) is 317 Å². The molecule has 0 aliphatic carbocycles. The highest BCUT2D eigenvalue weighted by Gasteiger charge is 2.51. The number of fused-ring (bicyclic) bond motifs is 8. The summed E-state index contributed by atoms with van der Waals surface area (Å²) in [4.78, 5) is 12.4. The van der Waals surface area contributed by atoms with Crippen LogP contribution in [0, 0.1) is 198 Å². The molecule has 2 aromatic heterocycles. The van der Waals surface area contributed by atoms with Gasteiger partial charge in [-0.15, -0.1) is 0 Å². The molecule has 0 spiro atoms. The summed E-state index contributed by atoms with van der Waals surface area (Å²) >= 11 is 0. The number of nitrogens with one attached hydrogen (secondary N) is 2. The standard InChI is InChI=1S/C66H4F42N6/c67-13-1(14(68)26(80)37(91)25(13)79)7-55-43(97)45(99)57(109-55)8(2-15(69)27(81)38(92)28(82)16(2)70)59-47(101)49(103)61(111-59)10(4-19(73)31(85)40(94)32(86)20(4)74)63-51(105)53(107)65(113-63)12(6-23(77)35(89)42(96)36(90)24(6)78)66-54(108)52(106)64(114-66)11(5-21(75)33(87)41(95)34(88)22(5)76)62-50(104)48(102)60(112-62)9(58-46(100)44(98)56(7)110-58)3-17(71)29(83)39(93)30(84)18(3)72/h7,55,110,113H/b59-8-,60-9-,63-10-,64-11-,65-12-. The molecule has 0 amide bonds. The van der Waals surface area contributed by atoms with E-state index in [9.17, 15) is 26.3 Å². The highest BCUT2D eigenvalue weighted by molar-refractivity contribution is 6.38. The van der Waals surface area contributed by atoms with E-state index < -0.39 is 380 Å². The molecule has 0 radical (unpaired) electrons. The van der Waals surface area contributed by atoms with Gasteiger partial charge in [0.15, 0.2) is 209 Å². The molecule has 0 fully saturated rings. The summed E-state index contributed by atoms with van der Waals surface area (Å²) in [5.74, 6) is -157. The first-order chi connectivity index (χ1) is 53.1. The molecule has 0 saturated carbocycles. The van der Waals surface area contributed by atoms with Gasteiger partial charge < -0.3 is 9.97 Å². The highest BCUT2D eigenvalue weighted by atomic mass is 19.2. The third-order valence-corrected chi connectivity index (χ3v) is 17.1. The average molecular weight is 1680 g/mol. The summed E-state index contributed by atoms with van der Waals surface area (Å²) in [6, 6.07) is -4.53. The molecule has 6 aromatic carbocycles. The summed E-state index contributed by atoms with van der Waals surface area (Å²) in [7, 11) is 0. The number of rotatable bonds is 6. The third-order valence-electron chi connectivity index (χ3n) is 17.1. The largest absolute Gasteiger partial charge is 0.353 e. The lowest BCUT2D eigenvalue weighted by Gasteiger charge is -2.23. The van der Waals surface area contributed by atoms with E-state index in [2.05, 4.69) is 20.0 Å². The maximum absolute atomic E-state index is 17.5. The van der Waals surface area contributed by atoms with E-state index in [0.29, 0.717) is 0 Å². The Hall–Kier alpha value is -12.5. The fraction of sp³-hybridized carbons (Fsp3) is 0.0303. The van der Waals surface area contributed by atoms with E-state index in [1.165, 1.54) is 0 Å². The zero-order valence-corrected chi connectivity index (χ0v) is 51.8. The predicted octanol–water partition coefficient (Wildman–Crippen LogP) is 19.7. The van der Waals surface area contributed by atoms with Gasteiger partial charge in [0.25, 0.3) is 0 Å². The first-order valence-electron chi connectivity index (χ1n) is 29.0. The maximum atomic E-state index is 17.5. The lowest BCUT2D eigenvalue weighted by molar-refractivity contribution is 0.359. The minimum atomic E-state index is -4.62. The van der Waals surface area contributed by atoms with Crippen molar-refractivity contribution in [2.45, 2.75) is 12.0 Å². The number of allylic oxidation sites excluding steroid dienone is 9. The van der Waals surface area contributed by atoms with Gasteiger partial charge in [-0.1, -0.05) is 0 Å². The summed E-state index contributed by atoms with van der Waals surface area (Å²) in [5.41, 5.74) is -65.2. The fourth-order valence-electron chi connectivity index (χ4n) is 12.1. The van der Waals surface area contributed by atoms with Gasteiger partial charge in [0.1, 0.15) is 46.0 Å². The second-order valence-electron chi connectivity index (χ2n) is 23.0. The zero-order chi connectivity index (χ0) is 84.3. The Balaban J connectivity index is 1.37. The molecule has 13 rings (SSSR count). The van der Waals surface area contributed by atoms with Crippen LogP contribution in [0.15, 0.2) is 83.7 Å². The van der Waals surface area contributed by atoms with Crippen molar-refractivity contribution in [3.63, 3.8) is 0 Å². The Bertz CT molecular complexity index is 6310. The summed E-state index contributed by atoms with van der Waals surface area (Å²) in [6.45, 7) is 0. The van der Waals surface area contributed by atoms with Crippen LogP contribution in [0.25, 0.3) is 27.9 Å². The Morgan fingerprint density at radius 1 is 0.193 bits per heavy atom. The van der Waals surface area contributed by atoms with E-state index in [-0.39, 0.29) is 0 Å². The highest BCUT2D eigenvalue weighted by Crippen LogP contribution is 2.53. The Morgan fingerprint density at radius 3 is 0.728 bits per heavy atom. The molecule has 5 aliphatic heterocycles. The summed E-state index contributed by atoms with van der Waals surface area (Å²) < 4.78 is 683. The number of aromatic amines is 2. The molecule has 592 valence electrons. The van der Waals surface area contributed by atoms with Crippen LogP contribution in [-0.4, -0.2) is 38.9 Å². The Labute approximate surface area is 593 Å². The summed E-state index contributed by atoms with van der Waals surface area (Å²) in [6.07, 6.45) is 0. The second-order valence-corrected chi connectivity index (χ2v) is 23.0. The number of hydrogen-bond acceptors (Lipinski definition) is 4. The molecular formula is C66H4F42N6. The second kappa shape index (κ2) is 27.2. The van der Waals surface area contributed by atoms with Crippen molar-refractivity contribution in [2.75, 3.05) is 0 Å². The van der Waals surface area contributed by atoms with Crippen molar-refractivity contribution in [2.24, 2.45) is 20.0 Å². The van der Waals surface area contributed by atoms with Gasteiger partial charge in [-0.2, -0.15) is 0 Å². The molecule has 0 saturated heterocycles. The topological polar surface area (TPSA) is 81.0 Å². The Morgan fingerprint density at radius 2 is 0.430 bits per heavy atom. The van der Waals surface area contributed by atoms with Crippen molar-refractivity contribution in [1.82, 2.24) is 9.97 Å². The van der Waals surface area contributed by atoms with Crippen molar-refractivity contribution >= 4 is 50.7 Å². The van der Waals surface area contributed by atoms with Crippen LogP contribution in [0.1, 0.15) is 50.7 Å². The molecule has 2 N–H and O–H groups in total. The monoisotopic (exact) mass is 1680 g/mol. The van der Waals surface area contributed by atoms with Crippen LogP contribution in [0.2, 0.25) is 0 Å². The zero-order valence-electron chi connectivity index (χ0n) is 51.8. The maximum Gasteiger partial charge on any atom is 0.200 e. The van der Waals surface area contributed by atoms with Crippen LogP contribution in [-0.2, 0) is 0 Å². The van der Waals surface area contributed by atoms with Crippen LogP contribution < -0.4 is 10.7 Å². The van der Waals surface area contributed by atoms with E-state index in [1.54, 1.807) is 0 Å². The average Bonchev–Trinajstić information content (AvgIpc) is 1.56. The van der Waals surface area contributed by atoms with Crippen LogP contribution >= 0.6 is 0 Å². The van der Waals surface area contributed by atoms with Crippen molar-refractivity contribution < 1.29 is 184 Å². The molecule has 48 heteroatoms. The van der Waals surface area contributed by atoms with Gasteiger partial charge in [0.2, 0.25) is 34.9 Å². The van der Waals surface area contributed by atoms with E-state index in [1.807, 2.05) is 0 Å². The van der Waals surface area contributed by atoms with Gasteiger partial charge in [-0.3, -0.25) is 4.99 Å². The van der Waals surface area contributed by atoms with Gasteiger partial charge >= 0.3 is 0 Å². The minimum Gasteiger partial charge on any atom is -0.353 e. The number of aromatic nitrogens is 2. The molecule has 12 bridgehead atoms. The SMILES string of the molecule is FC1=C(F)/C2=C(\c3c(F)c(F)c(F)c(F)c3F)C3=N/C(=C(/c4c(F)c(F)c(F)c(F)c4F)c4[nH]c(c(F)c4F)C(c4c(F)c(F)c(F)c(F)c4F)C4N=C(C(F)=C4F)/C(c4c(F)c(F)c(F)c(F)c4F)=C4N=C(C(F)=C\4F)/C(c4c(F)c(F)c(F)c(F)c4F)=c4\[nH]/c(c(F)c4F)=C(/c4c(F)c(F)c(F)c(F)c4F)C1=N2)C(F)=C3F. The van der Waals surface area contributed by atoms with Crippen LogP contribution in [0.4, 0.5) is 184 Å². The third kappa shape index (κ3) is 10.8. The van der Waals surface area contributed by atoms with Crippen LogP contribution in [0.3, 0.4) is 0 Å². The fourth-order valence-corrected chi connectivity index (χ4v) is 12.1. The van der Waals surface area contributed by atoms with Gasteiger partial charge in [-0.25, -0.2) is 199 Å². The number of benzene rings is 6. The van der Waals surface area contributed by atoms with Crippen LogP contribution in [0.5, 0.6) is 0 Å². The number of nitrogens with zero attached hydrogens (tertiary/aromatic N) is 4. The molecule has 114 heavy (non-hydrogen) atoms. The van der Waals surface area contributed by atoms with Crippen molar-refractivity contribution in [3.8, 4) is 0 Å². The molecule has 6 nitrogen and oxygen atoms in total. The van der Waals surface area contributed by atoms with Gasteiger partial charge in [-0.05, 0) is 0 Å². The smallest absolute Gasteiger partial charge is 0.200 e. The molecular weight excluding hydrogens is 1670 g/mol. The van der Waals surface area contributed by atoms with E-state index in [4.69, 9.17) is 0 Å². The van der Waals surface area contributed by atoms with Gasteiger partial charge in [0, 0.05) is 33.4 Å². The van der Waals surface area contributed by atoms with Crippen molar-refractivity contribution in [1.29, 1.82) is 0 Å². The molecule has 2 atom stereocenters. The number of aliphatic imine (C=N–C) groups is 4. The lowest BCUT2D eigenvalue weighted by Crippen LogP contribution is -2.26. The predicted molar refractivity (Wildman–Crippen MR) is 295 cm³/mol. The van der Waals surface area contributed by atoms with E-state index in [0.717, 1.165) is 9.97 Å². The Kier molecular flexibility index (Phi) is 19.0. The number of hydrogen-bond donors (Lipinski definition) is 2. The number of halogens is 42. The van der Waals surface area contributed by atoms with E-state index >= 15 is 158 Å². The summed E-state index contributed by atoms with van der Waals surface area (Å²) in [5, 5.41) is -6.29. The molecule has 5 aliphatic rings. The minimum absolute atomic E-state index is 0.750. The lowest BCUT2D eigenvalue weighted by atomic mass is 9.87. The molecule has 2 unspecified atom stereocenters. The first-order valence-corrected chi connectivity index (χ1v) is 29.0. The molecule has 8 aromatic rings. The molecule has 7 heterocycles.